The van der Waals surface area contributed by atoms with Crippen molar-refractivity contribution in [2.45, 2.75) is 4.90 Å². The molecule has 0 aromatic heterocycles. The summed E-state index contributed by atoms with van der Waals surface area (Å²) in [4.78, 5) is 36.3. The Labute approximate surface area is 136 Å². The van der Waals surface area contributed by atoms with Gasteiger partial charge in [0.1, 0.15) is 0 Å². The quantitative estimate of drug-likeness (QED) is 0.772. The first-order valence-electron chi connectivity index (χ1n) is 6.71. The van der Waals surface area contributed by atoms with Crippen LogP contribution in [0.4, 0.5) is 0 Å². The van der Waals surface area contributed by atoms with Crippen LogP contribution in [0.1, 0.15) is 31.1 Å². The third-order valence-corrected chi connectivity index (χ3v) is 4.38. The SMILES string of the molecule is NS(=O)(=O)c1ccc(C(=O)NN2C(=O)c3ccccc3C2=O)cc1. The second-order valence-electron chi connectivity index (χ2n) is 5.00. The molecule has 0 unspecified atom stereocenters. The second kappa shape index (κ2) is 5.55. The molecule has 2 aromatic carbocycles. The van der Waals surface area contributed by atoms with E-state index >= 15 is 0 Å². The number of hydrogen-bond acceptors (Lipinski definition) is 5. The Morgan fingerprint density at radius 1 is 0.917 bits per heavy atom. The van der Waals surface area contributed by atoms with E-state index < -0.39 is 27.7 Å². The number of carbonyl (C=O) groups excluding carboxylic acids is 3. The van der Waals surface area contributed by atoms with Crippen LogP contribution in [-0.4, -0.2) is 31.1 Å². The van der Waals surface area contributed by atoms with Crippen molar-refractivity contribution in [1.29, 1.82) is 0 Å². The molecule has 0 aliphatic carbocycles. The Hall–Kier alpha value is -3.04. The fourth-order valence-electron chi connectivity index (χ4n) is 2.25. The Morgan fingerprint density at radius 3 is 1.88 bits per heavy atom. The van der Waals surface area contributed by atoms with Gasteiger partial charge in [0.25, 0.3) is 17.7 Å². The Morgan fingerprint density at radius 2 is 1.42 bits per heavy atom. The molecule has 0 bridgehead atoms. The van der Waals surface area contributed by atoms with Gasteiger partial charge in [0.15, 0.2) is 0 Å². The summed E-state index contributed by atoms with van der Waals surface area (Å²) < 4.78 is 22.4. The smallest absolute Gasteiger partial charge is 0.267 e. The molecule has 0 radical (unpaired) electrons. The molecular weight excluding hydrogens is 334 g/mol. The maximum Gasteiger partial charge on any atom is 0.280 e. The zero-order chi connectivity index (χ0) is 17.5. The molecule has 0 spiro atoms. The number of sulfonamides is 1. The predicted octanol–water partition coefficient (Wildman–Crippen LogP) is 0.275. The minimum Gasteiger partial charge on any atom is -0.267 e. The summed E-state index contributed by atoms with van der Waals surface area (Å²) in [7, 11) is -3.87. The van der Waals surface area contributed by atoms with E-state index in [0.717, 1.165) is 12.1 Å². The third-order valence-electron chi connectivity index (χ3n) is 3.45. The zero-order valence-electron chi connectivity index (χ0n) is 12.1. The van der Waals surface area contributed by atoms with Crippen LogP contribution in [-0.2, 0) is 10.0 Å². The summed E-state index contributed by atoms with van der Waals surface area (Å²) in [5.41, 5.74) is 2.69. The lowest BCUT2D eigenvalue weighted by Crippen LogP contribution is -2.45. The summed E-state index contributed by atoms with van der Waals surface area (Å²) in [6, 6.07) is 11.0. The molecule has 0 saturated carbocycles. The van der Waals surface area contributed by atoms with Crippen molar-refractivity contribution in [2.75, 3.05) is 0 Å². The lowest BCUT2D eigenvalue weighted by Gasteiger charge is -2.15. The van der Waals surface area contributed by atoms with E-state index in [9.17, 15) is 22.8 Å². The van der Waals surface area contributed by atoms with Gasteiger partial charge in [-0.25, -0.2) is 13.6 Å². The van der Waals surface area contributed by atoms with Crippen molar-refractivity contribution in [3.05, 3.63) is 65.2 Å². The number of hydrazine groups is 1. The maximum absolute atomic E-state index is 12.2. The molecule has 2 aromatic rings. The highest BCUT2D eigenvalue weighted by Gasteiger charge is 2.36. The number of amides is 3. The first-order chi connectivity index (χ1) is 11.3. The number of rotatable bonds is 3. The Kier molecular flexibility index (Phi) is 3.66. The van der Waals surface area contributed by atoms with Gasteiger partial charge in [-0.3, -0.25) is 19.8 Å². The van der Waals surface area contributed by atoms with Crippen LogP contribution >= 0.6 is 0 Å². The van der Waals surface area contributed by atoms with Gasteiger partial charge in [0.2, 0.25) is 10.0 Å². The molecule has 9 heteroatoms. The molecule has 3 N–H and O–H groups in total. The van der Waals surface area contributed by atoms with Crippen molar-refractivity contribution in [1.82, 2.24) is 10.4 Å². The van der Waals surface area contributed by atoms with Crippen molar-refractivity contribution in [3.8, 4) is 0 Å². The third kappa shape index (κ3) is 2.66. The zero-order valence-corrected chi connectivity index (χ0v) is 12.9. The van der Waals surface area contributed by atoms with Crippen molar-refractivity contribution < 1.29 is 22.8 Å². The normalized spacial score (nSPS) is 13.8. The first kappa shape index (κ1) is 15.8. The van der Waals surface area contributed by atoms with Gasteiger partial charge in [-0.1, -0.05) is 12.1 Å². The standard InChI is InChI=1S/C15H11N3O5S/c16-24(22,23)10-7-5-9(6-8-10)13(19)17-18-14(20)11-3-1-2-4-12(11)15(18)21/h1-8H,(H,17,19)(H2,16,22,23). The van der Waals surface area contributed by atoms with E-state index in [1.54, 1.807) is 12.1 Å². The van der Waals surface area contributed by atoms with Crippen LogP contribution < -0.4 is 10.6 Å². The Balaban J connectivity index is 1.81. The second-order valence-corrected chi connectivity index (χ2v) is 6.56. The number of nitrogens with one attached hydrogen (secondary N) is 1. The number of primary sulfonamides is 1. The van der Waals surface area contributed by atoms with Crippen molar-refractivity contribution >= 4 is 27.7 Å². The molecule has 1 aliphatic rings. The average molecular weight is 345 g/mol. The number of nitrogens with two attached hydrogens (primary N) is 1. The van der Waals surface area contributed by atoms with Crippen LogP contribution in [0.5, 0.6) is 0 Å². The maximum atomic E-state index is 12.2. The van der Waals surface area contributed by atoms with Crippen LogP contribution in [0, 0.1) is 0 Å². The fraction of sp³-hybridized carbons (Fsp3) is 0. The molecule has 3 rings (SSSR count). The van der Waals surface area contributed by atoms with E-state index in [-0.39, 0.29) is 21.6 Å². The van der Waals surface area contributed by atoms with Crippen LogP contribution in [0.2, 0.25) is 0 Å². The van der Waals surface area contributed by atoms with Crippen LogP contribution in [0.25, 0.3) is 0 Å². The molecule has 1 aliphatic heterocycles. The van der Waals surface area contributed by atoms with Crippen molar-refractivity contribution in [3.63, 3.8) is 0 Å². The summed E-state index contributed by atoms with van der Waals surface area (Å²) in [5, 5.41) is 5.60. The van der Waals surface area contributed by atoms with Gasteiger partial charge < -0.3 is 0 Å². The highest BCUT2D eigenvalue weighted by atomic mass is 32.2. The first-order valence-corrected chi connectivity index (χ1v) is 8.25. The van der Waals surface area contributed by atoms with Gasteiger partial charge >= 0.3 is 0 Å². The van der Waals surface area contributed by atoms with Crippen LogP contribution in [0.15, 0.2) is 53.4 Å². The molecule has 0 saturated heterocycles. The van der Waals surface area contributed by atoms with Crippen LogP contribution in [0.3, 0.4) is 0 Å². The number of fused-ring (bicyclic) bond motifs is 1. The van der Waals surface area contributed by atoms with Gasteiger partial charge in [-0.15, -0.1) is 0 Å². The molecule has 3 amide bonds. The number of hydrogen-bond donors (Lipinski definition) is 2. The van der Waals surface area contributed by atoms with E-state index in [1.165, 1.54) is 24.3 Å². The largest absolute Gasteiger partial charge is 0.280 e. The minimum atomic E-state index is -3.87. The summed E-state index contributed by atoms with van der Waals surface area (Å²) in [5.74, 6) is -2.00. The highest BCUT2D eigenvalue weighted by Crippen LogP contribution is 2.21. The van der Waals surface area contributed by atoms with Gasteiger partial charge in [0.05, 0.1) is 16.0 Å². The number of carbonyl (C=O) groups is 3. The number of nitrogens with zero attached hydrogens (tertiary/aromatic N) is 1. The predicted molar refractivity (Wildman–Crippen MR) is 82.2 cm³/mol. The molecule has 0 fully saturated rings. The molecule has 1 heterocycles. The summed E-state index contributed by atoms with van der Waals surface area (Å²) >= 11 is 0. The van der Waals surface area contributed by atoms with Crippen molar-refractivity contribution in [2.24, 2.45) is 5.14 Å². The lowest BCUT2D eigenvalue weighted by atomic mass is 10.1. The van der Waals surface area contributed by atoms with Gasteiger partial charge in [0, 0.05) is 5.56 Å². The fourth-order valence-corrected chi connectivity index (χ4v) is 2.77. The molecule has 8 nitrogen and oxygen atoms in total. The van der Waals surface area contributed by atoms with E-state index in [4.69, 9.17) is 5.14 Å². The van der Waals surface area contributed by atoms with Gasteiger partial charge in [-0.05, 0) is 36.4 Å². The average Bonchev–Trinajstić information content (AvgIpc) is 2.79. The summed E-state index contributed by atoms with van der Waals surface area (Å²) in [6.45, 7) is 0. The topological polar surface area (TPSA) is 127 Å². The van der Waals surface area contributed by atoms with E-state index in [0.29, 0.717) is 5.01 Å². The Bertz CT molecular complexity index is 932. The minimum absolute atomic E-state index is 0.0685. The molecule has 24 heavy (non-hydrogen) atoms. The number of benzene rings is 2. The van der Waals surface area contributed by atoms with E-state index in [1.807, 2.05) is 0 Å². The van der Waals surface area contributed by atoms with E-state index in [2.05, 4.69) is 5.43 Å². The van der Waals surface area contributed by atoms with Gasteiger partial charge in [-0.2, -0.15) is 5.01 Å². The highest BCUT2D eigenvalue weighted by molar-refractivity contribution is 7.89. The monoisotopic (exact) mass is 345 g/mol. The molecule has 122 valence electrons. The summed E-state index contributed by atoms with van der Waals surface area (Å²) in [6.07, 6.45) is 0. The lowest BCUT2D eigenvalue weighted by molar-refractivity contribution is 0.0518. The molecular formula is C15H11N3O5S. The molecule has 0 atom stereocenters. The number of imide groups is 1.